The summed E-state index contributed by atoms with van der Waals surface area (Å²) in [6.07, 6.45) is 0. The quantitative estimate of drug-likeness (QED) is 0.692. The molecule has 2 nitrogen and oxygen atoms in total. The predicted octanol–water partition coefficient (Wildman–Crippen LogP) is 3.14. The van der Waals surface area contributed by atoms with Gasteiger partial charge in [0.1, 0.15) is 12.4 Å². The lowest BCUT2D eigenvalue weighted by atomic mass is 9.98. The SMILES string of the molecule is COCCOc1ccc(C(C)C)c(C)c1. The molecule has 0 aliphatic heterocycles. The lowest BCUT2D eigenvalue weighted by Gasteiger charge is -2.12. The Labute approximate surface area is 92.2 Å². The summed E-state index contributed by atoms with van der Waals surface area (Å²) in [6.45, 7) is 7.77. The number of aryl methyl sites for hydroxylation is 1. The Hall–Kier alpha value is -1.02. The van der Waals surface area contributed by atoms with Crippen LogP contribution in [0.1, 0.15) is 30.9 Å². The number of hydrogen-bond acceptors (Lipinski definition) is 2. The van der Waals surface area contributed by atoms with Gasteiger partial charge in [-0.05, 0) is 36.1 Å². The van der Waals surface area contributed by atoms with Crippen LogP contribution in [0.25, 0.3) is 0 Å². The van der Waals surface area contributed by atoms with Crippen molar-refractivity contribution in [2.45, 2.75) is 26.7 Å². The van der Waals surface area contributed by atoms with E-state index in [1.54, 1.807) is 7.11 Å². The number of rotatable bonds is 5. The molecule has 15 heavy (non-hydrogen) atoms. The molecule has 0 amide bonds. The first-order chi connectivity index (χ1) is 7.15. The molecule has 0 heterocycles. The average Bonchev–Trinajstić information content (AvgIpc) is 2.17. The van der Waals surface area contributed by atoms with Crippen molar-refractivity contribution in [2.75, 3.05) is 20.3 Å². The Kier molecular flexibility index (Phi) is 4.63. The second-order valence-electron chi connectivity index (χ2n) is 4.01. The van der Waals surface area contributed by atoms with Crippen molar-refractivity contribution in [3.8, 4) is 5.75 Å². The highest BCUT2D eigenvalue weighted by Gasteiger charge is 2.04. The van der Waals surface area contributed by atoms with Gasteiger partial charge in [0.05, 0.1) is 6.61 Å². The van der Waals surface area contributed by atoms with E-state index in [-0.39, 0.29) is 0 Å². The highest BCUT2D eigenvalue weighted by atomic mass is 16.5. The van der Waals surface area contributed by atoms with Crippen molar-refractivity contribution in [3.05, 3.63) is 29.3 Å². The van der Waals surface area contributed by atoms with Gasteiger partial charge < -0.3 is 9.47 Å². The molecule has 1 rings (SSSR count). The lowest BCUT2D eigenvalue weighted by Crippen LogP contribution is -2.04. The fraction of sp³-hybridized carbons (Fsp3) is 0.538. The first-order valence-electron chi connectivity index (χ1n) is 5.37. The summed E-state index contributed by atoms with van der Waals surface area (Å²) in [6, 6.07) is 6.26. The number of methoxy groups -OCH3 is 1. The standard InChI is InChI=1S/C13H20O2/c1-10(2)13-6-5-12(9-11(13)3)15-8-7-14-4/h5-6,9-10H,7-8H2,1-4H3. The maximum Gasteiger partial charge on any atom is 0.119 e. The maximum absolute atomic E-state index is 5.54. The molecule has 0 radical (unpaired) electrons. The molecule has 0 aliphatic carbocycles. The van der Waals surface area contributed by atoms with E-state index >= 15 is 0 Å². The van der Waals surface area contributed by atoms with E-state index in [9.17, 15) is 0 Å². The molecule has 84 valence electrons. The van der Waals surface area contributed by atoms with Gasteiger partial charge in [0, 0.05) is 7.11 Å². The summed E-state index contributed by atoms with van der Waals surface area (Å²) in [5, 5.41) is 0. The Bertz CT molecular complexity index is 305. The number of ether oxygens (including phenoxy) is 2. The van der Waals surface area contributed by atoms with Crippen molar-refractivity contribution in [1.82, 2.24) is 0 Å². The van der Waals surface area contributed by atoms with Crippen LogP contribution in [0.2, 0.25) is 0 Å². The van der Waals surface area contributed by atoms with E-state index in [2.05, 4.69) is 32.9 Å². The van der Waals surface area contributed by atoms with Crippen LogP contribution in [0.4, 0.5) is 0 Å². The van der Waals surface area contributed by atoms with Gasteiger partial charge in [0.25, 0.3) is 0 Å². The van der Waals surface area contributed by atoms with Gasteiger partial charge >= 0.3 is 0 Å². The van der Waals surface area contributed by atoms with Gasteiger partial charge in [-0.1, -0.05) is 19.9 Å². The predicted molar refractivity (Wildman–Crippen MR) is 62.6 cm³/mol. The summed E-state index contributed by atoms with van der Waals surface area (Å²) in [7, 11) is 1.68. The second kappa shape index (κ2) is 5.76. The third-order valence-electron chi connectivity index (χ3n) is 2.42. The molecule has 0 aromatic heterocycles. The van der Waals surface area contributed by atoms with E-state index in [0.29, 0.717) is 19.1 Å². The molecule has 0 unspecified atom stereocenters. The molecule has 1 aromatic rings. The molecule has 0 saturated carbocycles. The van der Waals surface area contributed by atoms with Crippen molar-refractivity contribution in [1.29, 1.82) is 0 Å². The first-order valence-corrected chi connectivity index (χ1v) is 5.37. The van der Waals surface area contributed by atoms with Crippen LogP contribution in [0.15, 0.2) is 18.2 Å². The molecule has 0 saturated heterocycles. The average molecular weight is 208 g/mol. The smallest absolute Gasteiger partial charge is 0.119 e. The Morgan fingerprint density at radius 1 is 1.20 bits per heavy atom. The summed E-state index contributed by atoms with van der Waals surface area (Å²) in [5.41, 5.74) is 2.68. The van der Waals surface area contributed by atoms with Crippen molar-refractivity contribution < 1.29 is 9.47 Å². The van der Waals surface area contributed by atoms with E-state index in [4.69, 9.17) is 9.47 Å². The maximum atomic E-state index is 5.54. The van der Waals surface area contributed by atoms with Crippen LogP contribution in [0, 0.1) is 6.92 Å². The zero-order valence-corrected chi connectivity index (χ0v) is 10.0. The molecule has 0 aliphatic rings. The van der Waals surface area contributed by atoms with E-state index in [0.717, 1.165) is 5.75 Å². The first kappa shape index (κ1) is 12.1. The molecular weight excluding hydrogens is 188 g/mol. The van der Waals surface area contributed by atoms with Crippen LogP contribution >= 0.6 is 0 Å². The van der Waals surface area contributed by atoms with Gasteiger partial charge in [0.2, 0.25) is 0 Å². The van der Waals surface area contributed by atoms with E-state index < -0.39 is 0 Å². The van der Waals surface area contributed by atoms with Crippen molar-refractivity contribution in [2.24, 2.45) is 0 Å². The fourth-order valence-electron chi connectivity index (χ4n) is 1.63. The van der Waals surface area contributed by atoms with E-state index in [1.165, 1.54) is 11.1 Å². The molecule has 1 aromatic carbocycles. The zero-order valence-electron chi connectivity index (χ0n) is 10.0. The van der Waals surface area contributed by atoms with Crippen LogP contribution in [-0.2, 0) is 4.74 Å². The topological polar surface area (TPSA) is 18.5 Å². The normalized spacial score (nSPS) is 10.7. The van der Waals surface area contributed by atoms with Gasteiger partial charge in [-0.25, -0.2) is 0 Å². The van der Waals surface area contributed by atoms with Gasteiger partial charge in [-0.3, -0.25) is 0 Å². The Balaban J connectivity index is 2.65. The number of benzene rings is 1. The van der Waals surface area contributed by atoms with Crippen molar-refractivity contribution >= 4 is 0 Å². The minimum absolute atomic E-state index is 0.568. The minimum Gasteiger partial charge on any atom is -0.491 e. The highest BCUT2D eigenvalue weighted by Crippen LogP contribution is 2.23. The largest absolute Gasteiger partial charge is 0.491 e. The zero-order chi connectivity index (χ0) is 11.3. The molecule has 0 N–H and O–H groups in total. The third kappa shape index (κ3) is 3.56. The van der Waals surface area contributed by atoms with Gasteiger partial charge in [-0.15, -0.1) is 0 Å². The lowest BCUT2D eigenvalue weighted by molar-refractivity contribution is 0.146. The summed E-state index contributed by atoms with van der Waals surface area (Å²) >= 11 is 0. The third-order valence-corrected chi connectivity index (χ3v) is 2.42. The van der Waals surface area contributed by atoms with Crippen LogP contribution in [-0.4, -0.2) is 20.3 Å². The molecule has 0 bridgehead atoms. The van der Waals surface area contributed by atoms with Crippen LogP contribution in [0.3, 0.4) is 0 Å². The number of hydrogen-bond donors (Lipinski definition) is 0. The Morgan fingerprint density at radius 3 is 2.47 bits per heavy atom. The van der Waals surface area contributed by atoms with Crippen molar-refractivity contribution in [3.63, 3.8) is 0 Å². The van der Waals surface area contributed by atoms with Gasteiger partial charge in [-0.2, -0.15) is 0 Å². The summed E-state index contributed by atoms with van der Waals surface area (Å²) in [4.78, 5) is 0. The molecular formula is C13H20O2. The highest BCUT2D eigenvalue weighted by molar-refractivity contribution is 5.36. The van der Waals surface area contributed by atoms with Crippen LogP contribution in [0.5, 0.6) is 5.75 Å². The fourth-order valence-corrected chi connectivity index (χ4v) is 1.63. The summed E-state index contributed by atoms with van der Waals surface area (Å²) < 4.78 is 10.5. The molecule has 0 fully saturated rings. The Morgan fingerprint density at radius 2 is 1.93 bits per heavy atom. The van der Waals surface area contributed by atoms with E-state index in [1.807, 2.05) is 6.07 Å². The van der Waals surface area contributed by atoms with Gasteiger partial charge in [0.15, 0.2) is 0 Å². The minimum atomic E-state index is 0.568. The molecule has 0 spiro atoms. The monoisotopic (exact) mass is 208 g/mol. The van der Waals surface area contributed by atoms with Crippen LogP contribution < -0.4 is 4.74 Å². The molecule has 2 heteroatoms. The summed E-state index contributed by atoms with van der Waals surface area (Å²) in [5.74, 6) is 1.49. The second-order valence-corrected chi connectivity index (χ2v) is 4.01. The molecule has 0 atom stereocenters.